The van der Waals surface area contributed by atoms with Crippen LogP contribution in [0.25, 0.3) is 21.7 Å². The van der Waals surface area contributed by atoms with Crippen molar-refractivity contribution in [3.05, 3.63) is 52.4 Å². The van der Waals surface area contributed by atoms with Crippen LogP contribution in [0, 0.1) is 0 Å². The van der Waals surface area contributed by atoms with Crippen molar-refractivity contribution in [1.82, 2.24) is 4.57 Å². The summed E-state index contributed by atoms with van der Waals surface area (Å²) in [6.07, 6.45) is 0. The van der Waals surface area contributed by atoms with Gasteiger partial charge in [-0.15, -0.1) is 0 Å². The molecule has 96 valence electrons. The van der Waals surface area contributed by atoms with E-state index in [2.05, 4.69) is 56.2 Å². The Balaban J connectivity index is 2.74. The molecule has 0 aliphatic rings. The highest BCUT2D eigenvalue weighted by molar-refractivity contribution is 9.10. The van der Waals surface area contributed by atoms with Crippen molar-refractivity contribution in [2.75, 3.05) is 0 Å². The third kappa shape index (κ3) is 1.88. The number of hydrogen-bond donors (Lipinski definition) is 0. The first-order valence-electron chi connectivity index (χ1n) is 6.12. The van der Waals surface area contributed by atoms with Gasteiger partial charge < -0.3 is 4.57 Å². The number of pyridine rings is 1. The minimum Gasteiger partial charge on any atom is -0.324 e. The lowest BCUT2D eigenvalue weighted by atomic mass is 10.1. The zero-order chi connectivity index (χ0) is 13.4. The highest BCUT2D eigenvalue weighted by Gasteiger charge is 2.10. The van der Waals surface area contributed by atoms with Gasteiger partial charge in [0.15, 0.2) is 5.49 Å². The Kier molecular flexibility index (Phi) is 3.33. The van der Waals surface area contributed by atoms with Crippen LogP contribution < -0.4 is 5.49 Å². The van der Waals surface area contributed by atoms with Gasteiger partial charge in [-0.3, -0.25) is 0 Å². The van der Waals surface area contributed by atoms with Gasteiger partial charge in [0, 0.05) is 33.6 Å². The summed E-state index contributed by atoms with van der Waals surface area (Å²) in [7, 11) is 0. The first-order chi connectivity index (χ1) is 9.27. The molecule has 1 heterocycles. The molecule has 0 N–H and O–H groups in total. The van der Waals surface area contributed by atoms with Crippen LogP contribution >= 0.6 is 27.7 Å². The van der Waals surface area contributed by atoms with Crippen molar-refractivity contribution in [2.45, 2.75) is 13.5 Å². The summed E-state index contributed by atoms with van der Waals surface area (Å²) in [5.41, 5.74) is 1.93. The Morgan fingerprint density at radius 2 is 1.74 bits per heavy atom. The molecule has 0 aliphatic heterocycles. The average molecular weight is 336 g/mol. The molecule has 2 aromatic carbocycles. The summed E-state index contributed by atoms with van der Waals surface area (Å²) in [4.78, 5) is 0. The maximum absolute atomic E-state index is 5.83. The molecule has 3 aromatic rings. The largest absolute Gasteiger partial charge is 0.324 e. The highest BCUT2D eigenvalue weighted by atomic mass is 79.9. The lowest BCUT2D eigenvalue weighted by Gasteiger charge is -2.14. The van der Waals surface area contributed by atoms with Gasteiger partial charge in [0.25, 0.3) is 0 Å². The van der Waals surface area contributed by atoms with Gasteiger partial charge in [0.1, 0.15) is 0 Å². The second kappa shape index (κ2) is 4.99. The maximum atomic E-state index is 5.83. The quantitative estimate of drug-likeness (QED) is 0.577. The molecule has 2 nitrogen and oxygen atoms in total. The minimum atomic E-state index is 0.805. The molecular formula is C15H12BrClN2. The number of rotatable bonds is 1. The summed E-state index contributed by atoms with van der Waals surface area (Å²) in [5.74, 6) is 0. The first kappa shape index (κ1) is 12.7. The molecule has 0 radical (unpaired) electrons. The summed E-state index contributed by atoms with van der Waals surface area (Å²) in [5, 5.41) is 3.45. The van der Waals surface area contributed by atoms with Crippen LogP contribution in [-0.4, -0.2) is 4.57 Å². The number of halogens is 2. The summed E-state index contributed by atoms with van der Waals surface area (Å²) < 4.78 is 7.16. The molecular weight excluding hydrogens is 324 g/mol. The Morgan fingerprint density at radius 1 is 1.05 bits per heavy atom. The van der Waals surface area contributed by atoms with Gasteiger partial charge in [0.05, 0.1) is 5.52 Å². The molecule has 0 amide bonds. The second-order valence-electron chi connectivity index (χ2n) is 4.33. The smallest absolute Gasteiger partial charge is 0.155 e. The second-order valence-corrected chi connectivity index (χ2v) is 5.36. The van der Waals surface area contributed by atoms with E-state index in [0.29, 0.717) is 0 Å². The number of benzene rings is 2. The Labute approximate surface area is 124 Å². The third-order valence-corrected chi connectivity index (χ3v) is 4.17. The van der Waals surface area contributed by atoms with Gasteiger partial charge >= 0.3 is 0 Å². The van der Waals surface area contributed by atoms with Crippen LogP contribution in [0.2, 0.25) is 0 Å². The molecule has 0 unspecified atom stereocenters. The van der Waals surface area contributed by atoms with E-state index in [1.54, 1.807) is 0 Å². The van der Waals surface area contributed by atoms with Crippen LogP contribution in [0.3, 0.4) is 0 Å². The van der Waals surface area contributed by atoms with Crippen molar-refractivity contribution in [3.63, 3.8) is 0 Å². The maximum Gasteiger partial charge on any atom is 0.155 e. The van der Waals surface area contributed by atoms with Gasteiger partial charge in [-0.05, 0) is 34.3 Å². The van der Waals surface area contributed by atoms with E-state index in [9.17, 15) is 0 Å². The van der Waals surface area contributed by atoms with Crippen molar-refractivity contribution in [3.8, 4) is 0 Å². The standard InChI is InChI=1S/C15H12BrClN2/c1-2-19-14-11(8-5-9-13(14)16)10-6-3-4-7-12(10)15(19)18-17/h3-9H,2H2,1H3. The normalized spacial score (nSPS) is 12.5. The number of fused-ring (bicyclic) bond motifs is 3. The number of hydrogen-bond acceptors (Lipinski definition) is 1. The fraction of sp³-hybridized carbons (Fsp3) is 0.133. The number of para-hydroxylation sites is 1. The SMILES string of the molecule is CCn1c(=NCl)c2ccccc2c2cccc(Br)c21. The van der Waals surface area contributed by atoms with E-state index < -0.39 is 0 Å². The van der Waals surface area contributed by atoms with Crippen molar-refractivity contribution in [1.29, 1.82) is 0 Å². The molecule has 0 fully saturated rings. The third-order valence-electron chi connectivity index (χ3n) is 3.37. The lowest BCUT2D eigenvalue weighted by Crippen LogP contribution is -2.21. The van der Waals surface area contributed by atoms with E-state index >= 15 is 0 Å². The van der Waals surface area contributed by atoms with Gasteiger partial charge in [-0.1, -0.05) is 36.4 Å². The van der Waals surface area contributed by atoms with E-state index in [1.165, 1.54) is 10.8 Å². The van der Waals surface area contributed by atoms with Crippen molar-refractivity contribution < 1.29 is 0 Å². The molecule has 3 rings (SSSR count). The highest BCUT2D eigenvalue weighted by Crippen LogP contribution is 2.28. The van der Waals surface area contributed by atoms with Crippen LogP contribution in [0.4, 0.5) is 0 Å². The summed E-state index contributed by atoms with van der Waals surface area (Å²) in [6.45, 7) is 2.91. The van der Waals surface area contributed by atoms with Crippen molar-refractivity contribution >= 4 is 49.4 Å². The summed E-state index contributed by atoms with van der Waals surface area (Å²) in [6, 6.07) is 14.4. The van der Waals surface area contributed by atoms with Crippen molar-refractivity contribution in [2.24, 2.45) is 4.51 Å². The molecule has 19 heavy (non-hydrogen) atoms. The fourth-order valence-electron chi connectivity index (χ4n) is 2.57. The fourth-order valence-corrected chi connectivity index (χ4v) is 3.33. The topological polar surface area (TPSA) is 17.3 Å². The molecule has 0 atom stereocenters. The van der Waals surface area contributed by atoms with Gasteiger partial charge in [0.2, 0.25) is 0 Å². The Hall–Kier alpha value is -1.32. The van der Waals surface area contributed by atoms with E-state index in [4.69, 9.17) is 11.8 Å². The molecule has 0 bridgehead atoms. The molecule has 0 saturated heterocycles. The molecule has 0 saturated carbocycles. The van der Waals surface area contributed by atoms with E-state index in [0.717, 1.165) is 27.4 Å². The van der Waals surface area contributed by atoms with Gasteiger partial charge in [-0.2, -0.15) is 4.51 Å². The van der Waals surface area contributed by atoms with Crippen LogP contribution in [0.15, 0.2) is 51.4 Å². The summed E-state index contributed by atoms with van der Waals surface area (Å²) >= 11 is 9.46. The predicted octanol–water partition coefficient (Wildman–Crippen LogP) is 4.63. The van der Waals surface area contributed by atoms with Crippen LogP contribution in [0.5, 0.6) is 0 Å². The Bertz CT molecular complexity index is 837. The zero-order valence-electron chi connectivity index (χ0n) is 10.4. The number of nitrogens with zero attached hydrogens (tertiary/aromatic N) is 2. The van der Waals surface area contributed by atoms with Crippen LogP contribution in [0.1, 0.15) is 6.92 Å². The molecule has 0 spiro atoms. The van der Waals surface area contributed by atoms with E-state index in [1.807, 2.05) is 18.2 Å². The zero-order valence-corrected chi connectivity index (χ0v) is 12.7. The number of aromatic nitrogens is 1. The molecule has 0 aliphatic carbocycles. The molecule has 4 heteroatoms. The lowest BCUT2D eigenvalue weighted by molar-refractivity contribution is 0.755. The van der Waals surface area contributed by atoms with E-state index in [-0.39, 0.29) is 0 Å². The first-order valence-corrected chi connectivity index (χ1v) is 7.25. The minimum absolute atomic E-state index is 0.805. The van der Waals surface area contributed by atoms with Gasteiger partial charge in [-0.25, -0.2) is 0 Å². The Morgan fingerprint density at radius 3 is 2.42 bits per heavy atom. The van der Waals surface area contributed by atoms with Crippen LogP contribution in [-0.2, 0) is 6.54 Å². The average Bonchev–Trinajstić information content (AvgIpc) is 2.46. The molecule has 1 aromatic heterocycles. The monoisotopic (exact) mass is 334 g/mol. The predicted molar refractivity (Wildman–Crippen MR) is 84.2 cm³/mol. The number of aryl methyl sites for hydroxylation is 1.